The van der Waals surface area contributed by atoms with Crippen molar-refractivity contribution in [1.82, 2.24) is 14.8 Å². The molecule has 0 unspecified atom stereocenters. The van der Waals surface area contributed by atoms with Crippen molar-refractivity contribution in [1.29, 1.82) is 0 Å². The largest absolute Gasteiger partial charge is 0.343 e. The number of thiophene rings is 1. The number of ketones is 1. The molecule has 0 fully saturated rings. The van der Waals surface area contributed by atoms with Crippen LogP contribution in [-0.2, 0) is 6.54 Å². The molecule has 7 heteroatoms. The first kappa shape index (κ1) is 16.0. The second-order valence-corrected chi connectivity index (χ2v) is 7.22. The average Bonchev–Trinajstić information content (AvgIpc) is 3.07. The van der Waals surface area contributed by atoms with E-state index in [2.05, 4.69) is 10.2 Å². The number of Topliss-reactive ketones (excluding diaryl/α,β-unsaturated/α-hetero) is 1. The van der Waals surface area contributed by atoms with Crippen LogP contribution in [0.5, 0.6) is 0 Å². The molecule has 0 aliphatic heterocycles. The number of aromatic nitrogens is 3. The van der Waals surface area contributed by atoms with E-state index < -0.39 is 0 Å². The molecule has 2 aromatic heterocycles. The molecule has 0 bridgehead atoms. The Hall–Kier alpha value is -1.86. The second kappa shape index (κ2) is 6.72. The Morgan fingerprint density at radius 1 is 1.39 bits per heavy atom. The van der Waals surface area contributed by atoms with Gasteiger partial charge in [0, 0.05) is 11.2 Å². The number of rotatable bonds is 6. The van der Waals surface area contributed by atoms with Crippen LogP contribution in [0.1, 0.15) is 28.6 Å². The normalized spacial score (nSPS) is 11.2. The summed E-state index contributed by atoms with van der Waals surface area (Å²) in [4.78, 5) is 25.0. The Kier molecular flexibility index (Phi) is 4.68. The zero-order valence-corrected chi connectivity index (χ0v) is 14.6. The second-order valence-electron chi connectivity index (χ2n) is 5.23. The number of carbonyl (C=O) groups excluding carboxylic acids is 1. The third-order valence-corrected chi connectivity index (χ3v) is 5.89. The molecule has 0 saturated heterocycles. The lowest BCUT2D eigenvalue weighted by molar-refractivity contribution is 0.102. The molecule has 1 N–H and O–H groups in total. The molecule has 3 rings (SSSR count). The summed E-state index contributed by atoms with van der Waals surface area (Å²) in [5.41, 5.74) is 0.809. The zero-order chi connectivity index (χ0) is 16.4. The first-order valence-electron chi connectivity index (χ1n) is 7.41. The first-order chi connectivity index (χ1) is 11.1. The van der Waals surface area contributed by atoms with Crippen molar-refractivity contribution in [2.75, 3.05) is 5.75 Å². The molecule has 0 aliphatic rings. The number of carbonyl (C=O) groups is 1. The summed E-state index contributed by atoms with van der Waals surface area (Å²) in [6.07, 6.45) is 0.844. The maximum atomic E-state index is 12.5. The van der Waals surface area contributed by atoms with Crippen molar-refractivity contribution in [2.24, 2.45) is 0 Å². The fraction of sp³-hybridized carbons (Fsp3) is 0.312. The van der Waals surface area contributed by atoms with E-state index in [1.165, 1.54) is 23.1 Å². The van der Waals surface area contributed by atoms with E-state index in [9.17, 15) is 9.59 Å². The van der Waals surface area contributed by atoms with Crippen molar-refractivity contribution >= 4 is 39.0 Å². The number of aryl methyl sites for hydroxylation is 1. The van der Waals surface area contributed by atoms with Gasteiger partial charge in [0.2, 0.25) is 0 Å². The van der Waals surface area contributed by atoms with Crippen LogP contribution in [0.2, 0.25) is 0 Å². The van der Waals surface area contributed by atoms with Crippen molar-refractivity contribution in [3.8, 4) is 0 Å². The van der Waals surface area contributed by atoms with E-state index in [0.29, 0.717) is 11.7 Å². The molecule has 5 nitrogen and oxygen atoms in total. The first-order valence-corrected chi connectivity index (χ1v) is 9.21. The molecule has 0 aliphatic carbocycles. The Bertz CT molecular complexity index is 908. The molecule has 0 spiro atoms. The SMILES string of the molecule is CCCn1c(SCC(=O)c2sc3ccccc3c2C)n[nH]c1=O. The van der Waals surface area contributed by atoms with Crippen molar-refractivity contribution < 1.29 is 4.79 Å². The minimum absolute atomic E-state index is 0.0761. The topological polar surface area (TPSA) is 67.8 Å². The number of hydrogen-bond acceptors (Lipinski definition) is 5. The van der Waals surface area contributed by atoms with Crippen molar-refractivity contribution in [3.63, 3.8) is 0 Å². The predicted molar refractivity (Wildman–Crippen MR) is 94.8 cm³/mol. The molecule has 1 aromatic carbocycles. The molecule has 23 heavy (non-hydrogen) atoms. The lowest BCUT2D eigenvalue weighted by Gasteiger charge is -2.03. The highest BCUT2D eigenvalue weighted by atomic mass is 32.2. The Labute approximate surface area is 141 Å². The molecule has 120 valence electrons. The molecular weight excluding hydrogens is 330 g/mol. The molecule has 0 amide bonds. The lowest BCUT2D eigenvalue weighted by atomic mass is 10.1. The van der Waals surface area contributed by atoms with Crippen LogP contribution in [0.4, 0.5) is 0 Å². The molecule has 0 atom stereocenters. The van der Waals surface area contributed by atoms with Crippen LogP contribution in [-0.4, -0.2) is 26.3 Å². The lowest BCUT2D eigenvalue weighted by Crippen LogP contribution is -2.17. The van der Waals surface area contributed by atoms with Gasteiger partial charge in [-0.1, -0.05) is 36.9 Å². The van der Waals surface area contributed by atoms with Gasteiger partial charge in [-0.05, 0) is 30.4 Å². The van der Waals surface area contributed by atoms with E-state index in [0.717, 1.165) is 26.9 Å². The van der Waals surface area contributed by atoms with Gasteiger partial charge in [0.1, 0.15) is 0 Å². The molecule has 2 heterocycles. The molecular formula is C16H17N3O2S2. The summed E-state index contributed by atoms with van der Waals surface area (Å²) in [6.45, 7) is 4.59. The fourth-order valence-corrected chi connectivity index (χ4v) is 4.55. The summed E-state index contributed by atoms with van der Waals surface area (Å²) < 4.78 is 2.71. The van der Waals surface area contributed by atoms with Crippen LogP contribution in [0.15, 0.2) is 34.2 Å². The number of nitrogens with zero attached hydrogens (tertiary/aromatic N) is 2. The summed E-state index contributed by atoms with van der Waals surface area (Å²) >= 11 is 2.83. The number of benzene rings is 1. The van der Waals surface area contributed by atoms with E-state index in [-0.39, 0.29) is 17.2 Å². The fourth-order valence-electron chi connectivity index (χ4n) is 2.47. The third kappa shape index (κ3) is 3.11. The predicted octanol–water partition coefficient (Wildman–Crippen LogP) is 3.48. The minimum Gasteiger partial charge on any atom is -0.292 e. The highest BCUT2D eigenvalue weighted by Gasteiger charge is 2.17. The van der Waals surface area contributed by atoms with Crippen molar-refractivity contribution in [3.05, 3.63) is 45.2 Å². The van der Waals surface area contributed by atoms with Gasteiger partial charge in [-0.3, -0.25) is 9.36 Å². The van der Waals surface area contributed by atoms with Gasteiger partial charge in [0.15, 0.2) is 10.9 Å². The number of nitrogens with one attached hydrogen (secondary N) is 1. The van der Waals surface area contributed by atoms with Gasteiger partial charge in [-0.2, -0.15) is 0 Å². The highest BCUT2D eigenvalue weighted by Crippen LogP contribution is 2.31. The van der Waals surface area contributed by atoms with Crippen LogP contribution < -0.4 is 5.69 Å². The number of aromatic amines is 1. The maximum absolute atomic E-state index is 12.5. The monoisotopic (exact) mass is 347 g/mol. The van der Waals surface area contributed by atoms with Gasteiger partial charge in [0.05, 0.1) is 10.6 Å². The summed E-state index contributed by atoms with van der Waals surface area (Å²) in [7, 11) is 0. The van der Waals surface area contributed by atoms with E-state index in [4.69, 9.17) is 0 Å². The van der Waals surface area contributed by atoms with Crippen LogP contribution in [0, 0.1) is 6.92 Å². The Morgan fingerprint density at radius 3 is 2.91 bits per heavy atom. The van der Waals surface area contributed by atoms with Gasteiger partial charge in [-0.15, -0.1) is 16.4 Å². The molecule has 3 aromatic rings. The number of hydrogen-bond donors (Lipinski definition) is 1. The minimum atomic E-state index is -0.222. The smallest absolute Gasteiger partial charge is 0.292 e. The summed E-state index contributed by atoms with van der Waals surface area (Å²) in [6, 6.07) is 8.04. The quantitative estimate of drug-likeness (QED) is 0.547. The van der Waals surface area contributed by atoms with E-state index in [1.807, 2.05) is 38.1 Å². The van der Waals surface area contributed by atoms with Crippen LogP contribution in [0.3, 0.4) is 0 Å². The van der Waals surface area contributed by atoms with Crippen molar-refractivity contribution in [2.45, 2.75) is 32.0 Å². The van der Waals surface area contributed by atoms with E-state index in [1.54, 1.807) is 4.57 Å². The number of thioether (sulfide) groups is 1. The van der Waals surface area contributed by atoms with Gasteiger partial charge < -0.3 is 0 Å². The van der Waals surface area contributed by atoms with E-state index >= 15 is 0 Å². The summed E-state index contributed by atoms with van der Waals surface area (Å²) in [5, 5.41) is 8.16. The number of fused-ring (bicyclic) bond motifs is 1. The third-order valence-electron chi connectivity index (χ3n) is 3.60. The number of H-pyrrole nitrogens is 1. The van der Waals surface area contributed by atoms with Crippen LogP contribution in [0.25, 0.3) is 10.1 Å². The average molecular weight is 347 g/mol. The Balaban J connectivity index is 1.79. The van der Waals surface area contributed by atoms with Gasteiger partial charge in [-0.25, -0.2) is 9.89 Å². The van der Waals surface area contributed by atoms with Crippen LogP contribution >= 0.6 is 23.1 Å². The zero-order valence-electron chi connectivity index (χ0n) is 13.0. The highest BCUT2D eigenvalue weighted by molar-refractivity contribution is 7.99. The molecule has 0 saturated carbocycles. The summed E-state index contributed by atoms with van der Waals surface area (Å²) in [5.74, 6) is 0.356. The standard InChI is InChI=1S/C16H17N3O2S2/c1-3-8-19-15(21)17-18-16(19)22-9-12(20)14-10(2)11-6-4-5-7-13(11)23-14/h4-7H,3,8-9H2,1-2H3,(H,17,21). The molecule has 0 radical (unpaired) electrons. The van der Waals surface area contributed by atoms with Gasteiger partial charge >= 0.3 is 5.69 Å². The Morgan fingerprint density at radius 2 is 2.17 bits per heavy atom. The maximum Gasteiger partial charge on any atom is 0.343 e. The van der Waals surface area contributed by atoms with Gasteiger partial charge in [0.25, 0.3) is 0 Å².